The first-order chi connectivity index (χ1) is 19.9. The monoisotopic (exact) mass is 546 g/mol. The van der Waals surface area contributed by atoms with Crippen molar-refractivity contribution in [2.24, 2.45) is 5.73 Å². The van der Waals surface area contributed by atoms with E-state index >= 15 is 0 Å². The molecule has 0 saturated carbocycles. The number of ether oxygens (including phenoxy) is 3. The predicted octanol–water partition coefficient (Wildman–Crippen LogP) is 6.90. The van der Waals surface area contributed by atoms with Crippen LogP contribution in [-0.2, 0) is 6.61 Å². The van der Waals surface area contributed by atoms with Crippen molar-refractivity contribution in [1.29, 1.82) is 5.26 Å². The molecule has 4 aromatic carbocycles. The van der Waals surface area contributed by atoms with Crippen LogP contribution in [0, 0.1) is 24.1 Å². The number of esters is 1. The maximum Gasteiger partial charge on any atom is 0.379 e. The van der Waals surface area contributed by atoms with Gasteiger partial charge in [-0.05, 0) is 54.4 Å². The van der Waals surface area contributed by atoms with E-state index in [1.54, 1.807) is 19.1 Å². The molecule has 7 nitrogen and oxygen atoms in total. The highest BCUT2D eigenvalue weighted by atomic mass is 19.1. The Morgan fingerprint density at radius 3 is 2.63 bits per heavy atom. The van der Waals surface area contributed by atoms with Crippen molar-refractivity contribution in [3.05, 3.63) is 136 Å². The molecule has 0 aliphatic carbocycles. The summed E-state index contributed by atoms with van der Waals surface area (Å²) >= 11 is 0. The van der Waals surface area contributed by atoms with Crippen molar-refractivity contribution in [2.75, 3.05) is 0 Å². The van der Waals surface area contributed by atoms with Crippen molar-refractivity contribution >= 4 is 16.9 Å². The molecule has 0 radical (unpaired) electrons. The molecule has 1 aromatic heterocycles. The fourth-order valence-corrected chi connectivity index (χ4v) is 4.91. The highest BCUT2D eigenvalue weighted by Crippen LogP contribution is 2.44. The first-order valence-electron chi connectivity index (χ1n) is 12.8. The lowest BCUT2D eigenvalue weighted by Gasteiger charge is -2.27. The lowest BCUT2D eigenvalue weighted by molar-refractivity contribution is 0.0702. The third-order valence-corrected chi connectivity index (χ3v) is 6.92. The van der Waals surface area contributed by atoms with Crippen LogP contribution in [0.2, 0.25) is 0 Å². The predicted molar refractivity (Wildman–Crippen MR) is 149 cm³/mol. The summed E-state index contributed by atoms with van der Waals surface area (Å²) in [6, 6.07) is 28.4. The van der Waals surface area contributed by atoms with Crippen LogP contribution >= 0.6 is 0 Å². The molecular formula is C33H23FN2O5. The summed E-state index contributed by atoms with van der Waals surface area (Å²) < 4.78 is 36.7. The Labute approximate surface area is 234 Å². The van der Waals surface area contributed by atoms with Gasteiger partial charge in [0.1, 0.15) is 46.9 Å². The molecule has 8 heteroatoms. The van der Waals surface area contributed by atoms with E-state index in [-0.39, 0.29) is 23.0 Å². The number of fused-ring (bicyclic) bond motifs is 2. The van der Waals surface area contributed by atoms with E-state index in [0.29, 0.717) is 40.2 Å². The second kappa shape index (κ2) is 10.5. The highest BCUT2D eigenvalue weighted by Gasteiger charge is 2.31. The maximum atomic E-state index is 13.7. The molecule has 1 aliphatic heterocycles. The molecule has 0 fully saturated rings. The second-order valence-electron chi connectivity index (χ2n) is 9.56. The molecule has 5 aromatic rings. The number of hydrogen-bond donors (Lipinski definition) is 1. The first-order valence-corrected chi connectivity index (χ1v) is 12.8. The molecule has 0 spiro atoms. The molecule has 2 heterocycles. The number of rotatable bonds is 6. The largest absolute Gasteiger partial charge is 0.489 e. The summed E-state index contributed by atoms with van der Waals surface area (Å²) in [4.78, 5) is 13.0. The van der Waals surface area contributed by atoms with Crippen LogP contribution in [-0.4, -0.2) is 5.97 Å². The fourth-order valence-electron chi connectivity index (χ4n) is 4.91. The average molecular weight is 547 g/mol. The summed E-state index contributed by atoms with van der Waals surface area (Å²) in [5.41, 5.74) is 9.77. The molecule has 1 atom stereocenters. The molecule has 1 unspecified atom stereocenters. The van der Waals surface area contributed by atoms with E-state index in [0.717, 1.165) is 11.1 Å². The van der Waals surface area contributed by atoms with Gasteiger partial charge in [0.25, 0.3) is 0 Å². The van der Waals surface area contributed by atoms with Crippen LogP contribution in [0.4, 0.5) is 4.39 Å². The Hall–Kier alpha value is -5.55. The van der Waals surface area contributed by atoms with E-state index in [9.17, 15) is 14.4 Å². The van der Waals surface area contributed by atoms with Gasteiger partial charge in [-0.2, -0.15) is 5.26 Å². The van der Waals surface area contributed by atoms with Crippen molar-refractivity contribution in [2.45, 2.75) is 19.4 Å². The lowest BCUT2D eigenvalue weighted by atomic mass is 9.83. The van der Waals surface area contributed by atoms with E-state index in [2.05, 4.69) is 6.07 Å². The molecular weight excluding hydrogens is 523 g/mol. The van der Waals surface area contributed by atoms with Crippen molar-refractivity contribution in [3.8, 4) is 23.3 Å². The topological polar surface area (TPSA) is 108 Å². The van der Waals surface area contributed by atoms with Gasteiger partial charge in [0, 0.05) is 22.6 Å². The third kappa shape index (κ3) is 4.97. The quantitative estimate of drug-likeness (QED) is 0.182. The first kappa shape index (κ1) is 25.7. The fraction of sp³-hybridized carbons (Fsp3) is 0.0909. The zero-order valence-corrected chi connectivity index (χ0v) is 21.9. The third-order valence-electron chi connectivity index (χ3n) is 6.92. The summed E-state index contributed by atoms with van der Waals surface area (Å²) in [6.07, 6.45) is 0. The molecule has 1 aliphatic rings. The van der Waals surface area contributed by atoms with Gasteiger partial charge in [-0.3, -0.25) is 0 Å². The number of halogens is 1. The van der Waals surface area contributed by atoms with Gasteiger partial charge in [-0.1, -0.05) is 48.5 Å². The van der Waals surface area contributed by atoms with E-state index in [1.807, 2.05) is 54.6 Å². The van der Waals surface area contributed by atoms with Crippen molar-refractivity contribution in [3.63, 3.8) is 0 Å². The number of furan rings is 1. The number of benzene rings is 4. The summed E-state index contributed by atoms with van der Waals surface area (Å²) in [7, 11) is 0. The number of nitrogens with zero attached hydrogens (tertiary/aromatic N) is 1. The number of allylic oxidation sites excluding steroid dienone is 1. The standard InChI is InChI=1S/C33H23FN2O5/c1-19-26-15-22(34)10-13-28(26)40-31(19)33(37)39-24-11-12-25-29(16-24)41-32(36)27(17-35)30(25)21-8-5-9-23(14-21)38-18-20-6-3-2-4-7-20/h2-16,30H,18,36H2,1H3. The Kier molecular flexibility index (Phi) is 6.62. The Morgan fingerprint density at radius 1 is 1.00 bits per heavy atom. The van der Waals surface area contributed by atoms with Crippen LogP contribution in [0.25, 0.3) is 11.0 Å². The van der Waals surface area contributed by atoms with Gasteiger partial charge in [0.2, 0.25) is 11.6 Å². The Bertz CT molecular complexity index is 1870. The molecule has 6 rings (SSSR count). The summed E-state index contributed by atoms with van der Waals surface area (Å²) in [5, 5.41) is 10.4. The summed E-state index contributed by atoms with van der Waals surface area (Å²) in [6.45, 7) is 2.06. The highest BCUT2D eigenvalue weighted by molar-refractivity contribution is 5.96. The Balaban J connectivity index is 1.28. The van der Waals surface area contributed by atoms with Crippen LogP contribution < -0.4 is 19.9 Å². The minimum atomic E-state index is -0.740. The van der Waals surface area contributed by atoms with Crippen LogP contribution in [0.1, 0.15) is 38.7 Å². The van der Waals surface area contributed by atoms with Gasteiger partial charge in [-0.25, -0.2) is 9.18 Å². The summed E-state index contributed by atoms with van der Waals surface area (Å²) in [5.74, 6) is -0.597. The van der Waals surface area contributed by atoms with E-state index < -0.39 is 17.7 Å². The smallest absolute Gasteiger partial charge is 0.379 e. The van der Waals surface area contributed by atoms with Gasteiger partial charge < -0.3 is 24.4 Å². The lowest BCUT2D eigenvalue weighted by Crippen LogP contribution is -2.21. The normalized spacial score (nSPS) is 14.2. The number of hydrogen-bond acceptors (Lipinski definition) is 7. The minimum Gasteiger partial charge on any atom is -0.489 e. The zero-order chi connectivity index (χ0) is 28.5. The number of carbonyl (C=O) groups excluding carboxylic acids is 1. The Morgan fingerprint density at radius 2 is 1.83 bits per heavy atom. The molecule has 41 heavy (non-hydrogen) atoms. The molecule has 2 N–H and O–H groups in total. The number of carbonyl (C=O) groups is 1. The molecule has 0 bridgehead atoms. The van der Waals surface area contributed by atoms with E-state index in [1.165, 1.54) is 24.3 Å². The van der Waals surface area contributed by atoms with E-state index in [4.69, 9.17) is 24.4 Å². The SMILES string of the molecule is Cc1c(C(=O)Oc2ccc3c(c2)OC(N)=C(C#N)C3c2cccc(OCc3ccccc3)c2)oc2ccc(F)cc12. The maximum absolute atomic E-state index is 13.7. The van der Waals surface area contributed by atoms with Crippen LogP contribution in [0.5, 0.6) is 17.2 Å². The molecule has 202 valence electrons. The average Bonchev–Trinajstić information content (AvgIpc) is 3.31. The zero-order valence-electron chi connectivity index (χ0n) is 21.9. The van der Waals surface area contributed by atoms with Crippen molar-refractivity contribution in [1.82, 2.24) is 0 Å². The van der Waals surface area contributed by atoms with Gasteiger partial charge in [0.15, 0.2) is 0 Å². The van der Waals surface area contributed by atoms with Gasteiger partial charge >= 0.3 is 5.97 Å². The van der Waals surface area contributed by atoms with Crippen molar-refractivity contribution < 1.29 is 27.8 Å². The number of aryl methyl sites for hydroxylation is 1. The number of nitrogens with two attached hydrogens (primary N) is 1. The second-order valence-corrected chi connectivity index (χ2v) is 9.56. The molecule has 0 amide bonds. The van der Waals surface area contributed by atoms with Crippen LogP contribution in [0.3, 0.4) is 0 Å². The van der Waals surface area contributed by atoms with Gasteiger partial charge in [-0.15, -0.1) is 0 Å². The minimum absolute atomic E-state index is 0.0272. The van der Waals surface area contributed by atoms with Crippen LogP contribution in [0.15, 0.2) is 107 Å². The number of nitriles is 1. The molecule has 0 saturated heterocycles. The van der Waals surface area contributed by atoms with Gasteiger partial charge in [0.05, 0.1) is 5.92 Å².